The lowest BCUT2D eigenvalue weighted by atomic mass is 9.92. The summed E-state index contributed by atoms with van der Waals surface area (Å²) in [6, 6.07) is 0. The number of carbonyl (C=O) groups is 1. The summed E-state index contributed by atoms with van der Waals surface area (Å²) < 4.78 is 10.0. The molecule has 0 radical (unpaired) electrons. The number of methoxy groups -OCH3 is 2. The average molecular weight is 214 g/mol. The fourth-order valence-electron chi connectivity index (χ4n) is 1.53. The Hall–Kier alpha value is -1.17. The van der Waals surface area contributed by atoms with E-state index in [1.165, 1.54) is 33.3 Å². The molecule has 0 aliphatic heterocycles. The van der Waals surface area contributed by atoms with Gasteiger partial charge in [-0.15, -0.1) is 0 Å². The zero-order valence-electron chi connectivity index (χ0n) is 8.85. The van der Waals surface area contributed by atoms with Gasteiger partial charge in [-0.05, 0) is 19.1 Å². The van der Waals surface area contributed by atoms with Crippen molar-refractivity contribution < 1.29 is 24.5 Å². The number of allylic oxidation sites excluding steroid dienone is 1. The molecule has 1 aliphatic carbocycles. The minimum Gasteiger partial charge on any atom is -0.507 e. The second kappa shape index (κ2) is 4.14. The average Bonchev–Trinajstić information content (AvgIpc) is 2.19. The van der Waals surface area contributed by atoms with Gasteiger partial charge in [0.1, 0.15) is 11.9 Å². The van der Waals surface area contributed by atoms with Crippen molar-refractivity contribution in [1.82, 2.24) is 0 Å². The number of hydrogen-bond donors (Lipinski definition) is 2. The van der Waals surface area contributed by atoms with Crippen LogP contribution in [-0.2, 0) is 14.3 Å². The Balaban J connectivity index is 3.18. The van der Waals surface area contributed by atoms with Crippen molar-refractivity contribution in [2.75, 3.05) is 14.2 Å². The highest BCUT2D eigenvalue weighted by Gasteiger charge is 2.43. The number of aliphatic hydroxyl groups is 2. The second-order valence-corrected chi connectivity index (χ2v) is 3.22. The molecule has 0 amide bonds. The van der Waals surface area contributed by atoms with Gasteiger partial charge in [0.25, 0.3) is 0 Å². The van der Waals surface area contributed by atoms with Crippen LogP contribution in [0.5, 0.6) is 0 Å². The van der Waals surface area contributed by atoms with Crippen LogP contribution >= 0.6 is 0 Å². The third kappa shape index (κ3) is 1.81. The fourth-order valence-corrected chi connectivity index (χ4v) is 1.53. The van der Waals surface area contributed by atoms with Crippen LogP contribution in [0.25, 0.3) is 0 Å². The van der Waals surface area contributed by atoms with E-state index in [9.17, 15) is 15.0 Å². The molecular formula is C10H14O5. The van der Waals surface area contributed by atoms with Crippen LogP contribution in [0.2, 0.25) is 0 Å². The van der Waals surface area contributed by atoms with Crippen LogP contribution in [-0.4, -0.2) is 42.1 Å². The first-order chi connectivity index (χ1) is 6.98. The molecule has 2 N–H and O–H groups in total. The number of Topliss-reactive ketones (excluding diaryl/α,β-unsaturated/α-hetero) is 1. The van der Waals surface area contributed by atoms with Gasteiger partial charge < -0.3 is 19.7 Å². The van der Waals surface area contributed by atoms with E-state index in [0.717, 1.165) is 0 Å². The van der Waals surface area contributed by atoms with E-state index in [1.54, 1.807) is 0 Å². The lowest BCUT2D eigenvalue weighted by molar-refractivity contribution is -0.218. The monoisotopic (exact) mass is 214 g/mol. The molecule has 0 aromatic carbocycles. The molecule has 84 valence electrons. The summed E-state index contributed by atoms with van der Waals surface area (Å²) in [5, 5.41) is 19.3. The minimum atomic E-state index is -1.41. The number of ether oxygens (including phenoxy) is 2. The van der Waals surface area contributed by atoms with Gasteiger partial charge >= 0.3 is 0 Å². The summed E-state index contributed by atoms with van der Waals surface area (Å²) in [5.41, 5.74) is -0.110. The molecule has 0 spiro atoms. The quantitative estimate of drug-likeness (QED) is 0.661. The third-order valence-corrected chi connectivity index (χ3v) is 2.42. The maximum atomic E-state index is 11.2. The lowest BCUT2D eigenvalue weighted by Gasteiger charge is -2.35. The third-order valence-electron chi connectivity index (χ3n) is 2.42. The van der Waals surface area contributed by atoms with E-state index in [1.807, 2.05) is 0 Å². The Morgan fingerprint density at radius 3 is 2.40 bits per heavy atom. The van der Waals surface area contributed by atoms with E-state index in [4.69, 9.17) is 9.47 Å². The molecule has 0 aromatic rings. The molecule has 5 nitrogen and oxygen atoms in total. The Kier molecular flexibility index (Phi) is 3.28. The van der Waals surface area contributed by atoms with Crippen LogP contribution in [0.15, 0.2) is 23.5 Å². The normalized spacial score (nSPS) is 24.4. The summed E-state index contributed by atoms with van der Waals surface area (Å²) in [7, 11) is 2.69. The smallest absolute Gasteiger partial charge is 0.219 e. The number of carbonyl (C=O) groups excluding carboxylic acids is 1. The first kappa shape index (κ1) is 11.9. The van der Waals surface area contributed by atoms with Crippen LogP contribution < -0.4 is 0 Å². The molecule has 1 rings (SSSR count). The Labute approximate surface area is 87.6 Å². The van der Waals surface area contributed by atoms with Crippen LogP contribution in [0.3, 0.4) is 0 Å². The number of rotatable bonds is 3. The molecule has 0 saturated carbocycles. The molecule has 0 aromatic heterocycles. The molecule has 0 bridgehead atoms. The first-order valence-electron chi connectivity index (χ1n) is 4.40. The highest BCUT2D eigenvalue weighted by molar-refractivity contribution is 5.95. The van der Waals surface area contributed by atoms with Crippen molar-refractivity contribution >= 4 is 5.78 Å². The number of aliphatic hydroxyl groups excluding tert-OH is 2. The summed E-state index contributed by atoms with van der Waals surface area (Å²) in [4.78, 5) is 11.2. The zero-order chi connectivity index (χ0) is 11.6. The van der Waals surface area contributed by atoms with Crippen molar-refractivity contribution in [1.29, 1.82) is 0 Å². The van der Waals surface area contributed by atoms with E-state index >= 15 is 0 Å². The molecule has 15 heavy (non-hydrogen) atoms. The predicted octanol–water partition coefficient (Wildman–Crippen LogP) is 0.307. The fraction of sp³-hybridized carbons (Fsp3) is 0.500. The van der Waals surface area contributed by atoms with E-state index < -0.39 is 17.7 Å². The van der Waals surface area contributed by atoms with Gasteiger partial charge in [0.2, 0.25) is 5.79 Å². The van der Waals surface area contributed by atoms with Gasteiger partial charge in [0, 0.05) is 14.2 Å². The van der Waals surface area contributed by atoms with Gasteiger partial charge in [0.15, 0.2) is 5.78 Å². The maximum Gasteiger partial charge on any atom is 0.219 e. The van der Waals surface area contributed by atoms with Crippen LogP contribution in [0.1, 0.15) is 6.92 Å². The Bertz CT molecular complexity index is 325. The summed E-state index contributed by atoms with van der Waals surface area (Å²) in [6.07, 6.45) is 1.30. The molecule has 5 heteroatoms. The van der Waals surface area contributed by atoms with Gasteiger partial charge in [-0.2, -0.15) is 0 Å². The van der Waals surface area contributed by atoms with E-state index in [0.29, 0.717) is 0 Å². The van der Waals surface area contributed by atoms with E-state index in [-0.39, 0.29) is 11.3 Å². The largest absolute Gasteiger partial charge is 0.507 e. The van der Waals surface area contributed by atoms with Crippen molar-refractivity contribution in [3.05, 3.63) is 23.5 Å². The minimum absolute atomic E-state index is 0.110. The zero-order valence-corrected chi connectivity index (χ0v) is 8.85. The maximum absolute atomic E-state index is 11.2. The van der Waals surface area contributed by atoms with Gasteiger partial charge in [-0.1, -0.05) is 0 Å². The van der Waals surface area contributed by atoms with Gasteiger partial charge in [-0.3, -0.25) is 4.79 Å². The van der Waals surface area contributed by atoms with Crippen LogP contribution in [0, 0.1) is 0 Å². The van der Waals surface area contributed by atoms with Crippen LogP contribution in [0.4, 0.5) is 0 Å². The van der Waals surface area contributed by atoms with Crippen molar-refractivity contribution in [2.45, 2.75) is 18.8 Å². The molecule has 0 saturated heterocycles. The van der Waals surface area contributed by atoms with Gasteiger partial charge in [0.05, 0.1) is 5.57 Å². The Morgan fingerprint density at radius 1 is 1.47 bits per heavy atom. The van der Waals surface area contributed by atoms with Crippen molar-refractivity contribution in [3.8, 4) is 0 Å². The first-order valence-corrected chi connectivity index (χ1v) is 4.40. The molecule has 1 aliphatic rings. The second-order valence-electron chi connectivity index (χ2n) is 3.22. The Morgan fingerprint density at radius 2 is 2.00 bits per heavy atom. The van der Waals surface area contributed by atoms with E-state index in [2.05, 4.69) is 0 Å². The standard InChI is InChI=1S/C10H14O5/c1-6(11)8-7(12)4-5-10(14-2,15-3)9(8)13/h4-5,9,12-13H,1-3H3. The SMILES string of the molecule is COC1(OC)C=CC(O)=C(C(C)=O)C1O. The summed E-state index contributed by atoms with van der Waals surface area (Å²) in [5.74, 6) is -2.10. The highest BCUT2D eigenvalue weighted by atomic mass is 16.7. The molecular weight excluding hydrogens is 200 g/mol. The predicted molar refractivity (Wildman–Crippen MR) is 52.2 cm³/mol. The van der Waals surface area contributed by atoms with Crippen molar-refractivity contribution in [2.24, 2.45) is 0 Å². The summed E-state index contributed by atoms with van der Waals surface area (Å²) in [6.45, 7) is 1.25. The van der Waals surface area contributed by atoms with Gasteiger partial charge in [-0.25, -0.2) is 0 Å². The summed E-state index contributed by atoms with van der Waals surface area (Å²) >= 11 is 0. The topological polar surface area (TPSA) is 76.0 Å². The molecule has 0 heterocycles. The molecule has 0 fully saturated rings. The number of hydrogen-bond acceptors (Lipinski definition) is 5. The molecule has 1 unspecified atom stereocenters. The molecule has 1 atom stereocenters. The number of ketones is 1. The van der Waals surface area contributed by atoms with Crippen molar-refractivity contribution in [3.63, 3.8) is 0 Å². The highest BCUT2D eigenvalue weighted by Crippen LogP contribution is 2.30. The lowest BCUT2D eigenvalue weighted by Crippen LogP contribution is -2.48.